The maximum absolute atomic E-state index is 13.4. The first-order chi connectivity index (χ1) is 16.5. The van der Waals surface area contributed by atoms with Crippen LogP contribution in [0.3, 0.4) is 0 Å². The molecule has 0 aromatic heterocycles. The molecule has 9 nitrogen and oxygen atoms in total. The van der Waals surface area contributed by atoms with Gasteiger partial charge in [0.25, 0.3) is 0 Å². The Bertz CT molecular complexity index is 764. The molecule has 0 bridgehead atoms. The van der Waals surface area contributed by atoms with Gasteiger partial charge in [0.1, 0.15) is 0 Å². The smallest absolute Gasteiger partial charge is 0.322 e. The predicted molar refractivity (Wildman–Crippen MR) is 126 cm³/mol. The van der Waals surface area contributed by atoms with Gasteiger partial charge in [-0.2, -0.15) is 0 Å². The van der Waals surface area contributed by atoms with Crippen LogP contribution in [0.25, 0.3) is 0 Å². The molecule has 1 spiro atoms. The number of ether oxygens (including phenoxy) is 5. The summed E-state index contributed by atoms with van der Waals surface area (Å²) in [4.78, 5) is 26.6. The van der Waals surface area contributed by atoms with E-state index in [9.17, 15) is 9.59 Å². The molecule has 190 valence electrons. The number of anilines is 1. The first-order valence-corrected chi connectivity index (χ1v) is 12.2. The summed E-state index contributed by atoms with van der Waals surface area (Å²) in [6.45, 7) is 6.42. The van der Waals surface area contributed by atoms with Crippen molar-refractivity contribution in [2.75, 3.05) is 45.4 Å². The van der Waals surface area contributed by atoms with Crippen LogP contribution in [-0.2, 0) is 34.9 Å². The van der Waals surface area contributed by atoms with Gasteiger partial charge in [-0.05, 0) is 50.8 Å². The van der Waals surface area contributed by atoms with Crippen LogP contribution in [0.4, 0.5) is 10.5 Å². The lowest BCUT2D eigenvalue weighted by atomic mass is 9.89. The number of urea groups is 1. The number of benzene rings is 1. The number of nitrogens with zero attached hydrogens (tertiary/aromatic N) is 1. The standard InChI is InChI=1S/C25H38N2O7/c1-4-31-23(32-5-2)18-27(21-12-14-25(15-13-21)33-16-17-34-25)24(29)26-20-9-6-19(7-10-20)8-11-22(28)30-3/h6-7,9-10,21,23H,4-5,8,11-18H2,1-3H3,(H,26,29). The van der Waals surface area contributed by atoms with E-state index in [2.05, 4.69) is 5.32 Å². The van der Waals surface area contributed by atoms with E-state index in [1.807, 2.05) is 43.0 Å². The van der Waals surface area contributed by atoms with Gasteiger partial charge < -0.3 is 33.9 Å². The SMILES string of the molecule is CCOC(CN(C(=O)Nc1ccc(CCC(=O)OC)cc1)C1CCC2(CC1)OCCO2)OCC. The summed E-state index contributed by atoms with van der Waals surface area (Å²) in [7, 11) is 1.38. The molecule has 1 aliphatic carbocycles. The Morgan fingerprint density at radius 2 is 1.71 bits per heavy atom. The quantitative estimate of drug-likeness (QED) is 0.383. The zero-order chi connectivity index (χ0) is 24.4. The van der Waals surface area contributed by atoms with Crippen molar-refractivity contribution in [3.05, 3.63) is 29.8 Å². The zero-order valence-electron chi connectivity index (χ0n) is 20.5. The first-order valence-electron chi connectivity index (χ1n) is 12.2. The fourth-order valence-corrected chi connectivity index (χ4v) is 4.52. The van der Waals surface area contributed by atoms with Crippen molar-refractivity contribution in [1.29, 1.82) is 0 Å². The first kappa shape index (κ1) is 26.4. The van der Waals surface area contributed by atoms with Crippen LogP contribution < -0.4 is 5.32 Å². The van der Waals surface area contributed by atoms with Crippen molar-refractivity contribution in [2.24, 2.45) is 0 Å². The maximum atomic E-state index is 13.4. The van der Waals surface area contributed by atoms with Crippen LogP contribution in [0.2, 0.25) is 0 Å². The average molecular weight is 479 g/mol. The van der Waals surface area contributed by atoms with Gasteiger partial charge in [-0.3, -0.25) is 4.79 Å². The molecule has 1 heterocycles. The summed E-state index contributed by atoms with van der Waals surface area (Å²) < 4.78 is 27.9. The minimum absolute atomic E-state index is 0.0289. The minimum atomic E-state index is -0.490. The molecule has 2 fully saturated rings. The van der Waals surface area contributed by atoms with Gasteiger partial charge in [0.15, 0.2) is 12.1 Å². The van der Waals surface area contributed by atoms with Crippen LogP contribution >= 0.6 is 0 Å². The third-order valence-corrected chi connectivity index (χ3v) is 6.33. The van der Waals surface area contributed by atoms with Crippen molar-refractivity contribution in [3.8, 4) is 0 Å². The second-order valence-corrected chi connectivity index (χ2v) is 8.53. The molecule has 34 heavy (non-hydrogen) atoms. The Hall–Kier alpha value is -2.20. The third kappa shape index (κ3) is 7.40. The Labute approximate surface area is 202 Å². The topological polar surface area (TPSA) is 95.6 Å². The molecular formula is C25H38N2O7. The van der Waals surface area contributed by atoms with Crippen molar-refractivity contribution >= 4 is 17.7 Å². The summed E-state index contributed by atoms with van der Waals surface area (Å²) in [5.74, 6) is -0.730. The predicted octanol–water partition coefficient (Wildman–Crippen LogP) is 3.71. The highest BCUT2D eigenvalue weighted by atomic mass is 16.7. The van der Waals surface area contributed by atoms with Crippen molar-refractivity contribution < 1.29 is 33.3 Å². The number of carbonyl (C=O) groups excluding carboxylic acids is 2. The fraction of sp³-hybridized carbons (Fsp3) is 0.680. The van der Waals surface area contributed by atoms with Gasteiger partial charge in [-0.25, -0.2) is 4.79 Å². The molecule has 1 aromatic rings. The second-order valence-electron chi connectivity index (χ2n) is 8.53. The number of aryl methyl sites for hydroxylation is 1. The maximum Gasteiger partial charge on any atom is 0.322 e. The van der Waals surface area contributed by atoms with Crippen LogP contribution in [0.5, 0.6) is 0 Å². The van der Waals surface area contributed by atoms with E-state index in [4.69, 9.17) is 23.7 Å². The molecule has 0 radical (unpaired) electrons. The van der Waals surface area contributed by atoms with Gasteiger partial charge in [-0.1, -0.05) is 12.1 Å². The van der Waals surface area contributed by atoms with Gasteiger partial charge in [-0.15, -0.1) is 0 Å². The average Bonchev–Trinajstić information content (AvgIpc) is 3.30. The lowest BCUT2D eigenvalue weighted by Gasteiger charge is -2.41. The van der Waals surface area contributed by atoms with E-state index in [1.165, 1.54) is 7.11 Å². The number of carbonyl (C=O) groups is 2. The lowest BCUT2D eigenvalue weighted by Crippen LogP contribution is -2.51. The third-order valence-electron chi connectivity index (χ3n) is 6.33. The Morgan fingerprint density at radius 1 is 1.09 bits per heavy atom. The Balaban J connectivity index is 1.65. The summed E-state index contributed by atoms with van der Waals surface area (Å²) in [6, 6.07) is 7.35. The van der Waals surface area contributed by atoms with Crippen molar-refractivity contribution in [1.82, 2.24) is 4.90 Å². The van der Waals surface area contributed by atoms with Crippen LogP contribution in [0.1, 0.15) is 51.5 Å². The molecule has 1 N–H and O–H groups in total. The van der Waals surface area contributed by atoms with Crippen molar-refractivity contribution in [3.63, 3.8) is 0 Å². The molecule has 2 aliphatic rings. The van der Waals surface area contributed by atoms with Gasteiger partial charge >= 0.3 is 12.0 Å². The van der Waals surface area contributed by atoms with Gasteiger partial charge in [0.2, 0.25) is 0 Å². The molecule has 2 amide bonds. The number of esters is 1. The Morgan fingerprint density at radius 3 is 2.26 bits per heavy atom. The molecular weight excluding hydrogens is 440 g/mol. The number of methoxy groups -OCH3 is 1. The monoisotopic (exact) mass is 478 g/mol. The number of nitrogens with one attached hydrogen (secondary N) is 1. The van der Waals surface area contributed by atoms with Crippen molar-refractivity contribution in [2.45, 2.75) is 70.5 Å². The lowest BCUT2D eigenvalue weighted by molar-refractivity contribution is -0.186. The number of amides is 2. The highest BCUT2D eigenvalue weighted by Crippen LogP contribution is 2.37. The second kappa shape index (κ2) is 13.0. The Kier molecular flexibility index (Phi) is 10.1. The van der Waals surface area contributed by atoms with Gasteiger partial charge in [0, 0.05) is 44.2 Å². The van der Waals surface area contributed by atoms with E-state index in [1.54, 1.807) is 0 Å². The molecule has 1 saturated carbocycles. The minimum Gasteiger partial charge on any atom is -0.469 e. The van der Waals surface area contributed by atoms with E-state index < -0.39 is 12.1 Å². The molecule has 1 saturated heterocycles. The molecule has 0 atom stereocenters. The number of hydrogen-bond acceptors (Lipinski definition) is 7. The van der Waals surface area contributed by atoms with Crippen LogP contribution in [0.15, 0.2) is 24.3 Å². The van der Waals surface area contributed by atoms with Gasteiger partial charge in [0.05, 0.1) is 26.9 Å². The molecule has 0 unspecified atom stereocenters. The molecule has 1 aromatic carbocycles. The van der Waals surface area contributed by atoms with E-state index in [-0.39, 0.29) is 18.0 Å². The van der Waals surface area contributed by atoms with Crippen LogP contribution in [-0.4, -0.2) is 75.1 Å². The molecule has 1 aliphatic heterocycles. The number of rotatable bonds is 11. The summed E-state index contributed by atoms with van der Waals surface area (Å²) >= 11 is 0. The largest absolute Gasteiger partial charge is 0.469 e. The highest BCUT2D eigenvalue weighted by molar-refractivity contribution is 5.89. The van der Waals surface area contributed by atoms with E-state index >= 15 is 0 Å². The summed E-state index contributed by atoms with van der Waals surface area (Å²) in [5.41, 5.74) is 1.69. The fourth-order valence-electron chi connectivity index (χ4n) is 4.52. The normalized spacial score (nSPS) is 17.8. The van der Waals surface area contributed by atoms with Crippen LogP contribution in [0, 0.1) is 0 Å². The van der Waals surface area contributed by atoms with E-state index in [0.717, 1.165) is 31.2 Å². The van der Waals surface area contributed by atoms with E-state index in [0.29, 0.717) is 51.5 Å². The summed E-state index contributed by atoms with van der Waals surface area (Å²) in [6.07, 6.45) is 3.50. The highest BCUT2D eigenvalue weighted by Gasteiger charge is 2.42. The number of hydrogen-bond donors (Lipinski definition) is 1. The molecule has 3 rings (SSSR count). The summed E-state index contributed by atoms with van der Waals surface area (Å²) in [5, 5.41) is 3.01. The molecule has 9 heteroatoms. The zero-order valence-corrected chi connectivity index (χ0v) is 20.5.